The molecular weight excluding hydrogens is 240 g/mol. The number of hydrogen-bond acceptors (Lipinski definition) is 3. The number of amides is 1. The second kappa shape index (κ2) is 5.82. The Bertz CT molecular complexity index is 574. The molecule has 0 aliphatic heterocycles. The first kappa shape index (κ1) is 12.8. The van der Waals surface area contributed by atoms with Gasteiger partial charge in [-0.2, -0.15) is 0 Å². The first-order chi connectivity index (χ1) is 9.22. The number of carbonyl (C=O) groups is 1. The van der Waals surface area contributed by atoms with E-state index >= 15 is 0 Å². The molecule has 0 radical (unpaired) electrons. The van der Waals surface area contributed by atoms with Crippen molar-refractivity contribution in [3.05, 3.63) is 55.3 Å². The van der Waals surface area contributed by atoms with Crippen molar-refractivity contribution in [3.8, 4) is 17.0 Å². The van der Waals surface area contributed by atoms with Crippen LogP contribution in [-0.4, -0.2) is 18.0 Å². The Morgan fingerprint density at radius 3 is 2.53 bits per heavy atom. The Morgan fingerprint density at radius 1 is 1.26 bits per heavy atom. The summed E-state index contributed by atoms with van der Waals surface area (Å²) in [5.41, 5.74) is 2.46. The van der Waals surface area contributed by atoms with Crippen LogP contribution in [0.15, 0.2) is 55.3 Å². The molecule has 0 bridgehead atoms. The SMILES string of the molecule is C=CC(=O)Nc1ccc(-c2ccc(OC)cc2)nc1. The molecular formula is C15H14N2O2. The van der Waals surface area contributed by atoms with Crippen molar-refractivity contribution in [2.24, 2.45) is 0 Å². The third-order valence-electron chi connectivity index (χ3n) is 2.60. The number of anilines is 1. The van der Waals surface area contributed by atoms with E-state index in [1.54, 1.807) is 19.4 Å². The molecule has 0 saturated carbocycles. The topological polar surface area (TPSA) is 51.2 Å². The highest BCUT2D eigenvalue weighted by Gasteiger charge is 2.01. The van der Waals surface area contributed by atoms with Crippen molar-refractivity contribution in [2.45, 2.75) is 0 Å². The van der Waals surface area contributed by atoms with Crippen molar-refractivity contribution in [3.63, 3.8) is 0 Å². The molecule has 96 valence electrons. The van der Waals surface area contributed by atoms with Gasteiger partial charge in [-0.25, -0.2) is 0 Å². The van der Waals surface area contributed by atoms with Gasteiger partial charge in [-0.3, -0.25) is 9.78 Å². The van der Waals surface area contributed by atoms with Crippen LogP contribution in [0.3, 0.4) is 0 Å². The number of nitrogens with one attached hydrogen (secondary N) is 1. The Hall–Kier alpha value is -2.62. The fraction of sp³-hybridized carbons (Fsp3) is 0.0667. The van der Waals surface area contributed by atoms with E-state index in [2.05, 4.69) is 16.9 Å². The van der Waals surface area contributed by atoms with E-state index in [-0.39, 0.29) is 5.91 Å². The molecule has 0 aliphatic carbocycles. The number of rotatable bonds is 4. The normalized spacial score (nSPS) is 9.74. The summed E-state index contributed by atoms with van der Waals surface area (Å²) in [7, 11) is 1.63. The van der Waals surface area contributed by atoms with Crippen LogP contribution in [0.1, 0.15) is 0 Å². The van der Waals surface area contributed by atoms with Crippen LogP contribution in [0.2, 0.25) is 0 Å². The number of carbonyl (C=O) groups excluding carboxylic acids is 1. The number of benzene rings is 1. The predicted octanol–water partition coefficient (Wildman–Crippen LogP) is 2.88. The summed E-state index contributed by atoms with van der Waals surface area (Å²) in [4.78, 5) is 15.4. The Kier molecular flexibility index (Phi) is 3.93. The first-order valence-corrected chi connectivity index (χ1v) is 5.77. The zero-order valence-corrected chi connectivity index (χ0v) is 10.6. The van der Waals surface area contributed by atoms with Crippen LogP contribution in [0.5, 0.6) is 5.75 Å². The number of nitrogens with zero attached hydrogens (tertiary/aromatic N) is 1. The summed E-state index contributed by atoms with van der Waals surface area (Å²) < 4.78 is 5.10. The predicted molar refractivity (Wildman–Crippen MR) is 75.1 cm³/mol. The molecule has 0 aliphatic rings. The lowest BCUT2D eigenvalue weighted by molar-refractivity contribution is -0.111. The Morgan fingerprint density at radius 2 is 2.00 bits per heavy atom. The molecule has 4 nitrogen and oxygen atoms in total. The average Bonchev–Trinajstić information content (AvgIpc) is 2.48. The summed E-state index contributed by atoms with van der Waals surface area (Å²) in [6.07, 6.45) is 2.83. The van der Waals surface area contributed by atoms with Crippen molar-refractivity contribution in [1.29, 1.82) is 0 Å². The van der Waals surface area contributed by atoms with Crippen LogP contribution >= 0.6 is 0 Å². The minimum atomic E-state index is -0.251. The smallest absolute Gasteiger partial charge is 0.247 e. The van der Waals surface area contributed by atoms with Crippen LogP contribution in [0.25, 0.3) is 11.3 Å². The van der Waals surface area contributed by atoms with Gasteiger partial charge in [0.15, 0.2) is 0 Å². The van der Waals surface area contributed by atoms with E-state index < -0.39 is 0 Å². The van der Waals surface area contributed by atoms with E-state index in [0.29, 0.717) is 5.69 Å². The zero-order chi connectivity index (χ0) is 13.7. The van der Waals surface area contributed by atoms with Crippen LogP contribution in [0, 0.1) is 0 Å². The lowest BCUT2D eigenvalue weighted by Gasteiger charge is -2.05. The number of aromatic nitrogens is 1. The van der Waals surface area contributed by atoms with Gasteiger partial charge in [0.1, 0.15) is 5.75 Å². The highest BCUT2D eigenvalue weighted by atomic mass is 16.5. The highest BCUT2D eigenvalue weighted by Crippen LogP contribution is 2.21. The van der Waals surface area contributed by atoms with Gasteiger partial charge in [-0.1, -0.05) is 6.58 Å². The Balaban J connectivity index is 2.17. The van der Waals surface area contributed by atoms with E-state index in [4.69, 9.17) is 4.74 Å². The molecule has 19 heavy (non-hydrogen) atoms. The monoisotopic (exact) mass is 254 g/mol. The highest BCUT2D eigenvalue weighted by molar-refractivity contribution is 5.98. The van der Waals surface area contributed by atoms with Crippen molar-refractivity contribution < 1.29 is 9.53 Å². The van der Waals surface area contributed by atoms with Gasteiger partial charge in [0.05, 0.1) is 24.7 Å². The van der Waals surface area contributed by atoms with Gasteiger partial charge in [0.25, 0.3) is 0 Å². The third-order valence-corrected chi connectivity index (χ3v) is 2.60. The molecule has 1 aromatic heterocycles. The van der Waals surface area contributed by atoms with Gasteiger partial charge in [-0.05, 0) is 42.5 Å². The van der Waals surface area contributed by atoms with Gasteiger partial charge in [-0.15, -0.1) is 0 Å². The second-order valence-corrected chi connectivity index (χ2v) is 3.85. The molecule has 4 heteroatoms. The fourth-order valence-corrected chi connectivity index (χ4v) is 1.59. The van der Waals surface area contributed by atoms with Crippen molar-refractivity contribution in [2.75, 3.05) is 12.4 Å². The Labute approximate surface area is 111 Å². The molecule has 0 fully saturated rings. The number of methoxy groups -OCH3 is 1. The summed E-state index contributed by atoms with van der Waals surface area (Å²) in [5, 5.41) is 2.65. The number of ether oxygens (including phenoxy) is 1. The summed E-state index contributed by atoms with van der Waals surface area (Å²) in [6, 6.07) is 11.3. The molecule has 0 unspecified atom stereocenters. The zero-order valence-electron chi connectivity index (χ0n) is 10.6. The summed E-state index contributed by atoms with van der Waals surface area (Å²) in [5.74, 6) is 0.553. The van der Waals surface area contributed by atoms with E-state index in [0.717, 1.165) is 17.0 Å². The lowest BCUT2D eigenvalue weighted by atomic mass is 10.1. The van der Waals surface area contributed by atoms with E-state index in [1.807, 2.05) is 30.3 Å². The van der Waals surface area contributed by atoms with Crippen LogP contribution in [0.4, 0.5) is 5.69 Å². The molecule has 2 rings (SSSR count). The van der Waals surface area contributed by atoms with Crippen LogP contribution < -0.4 is 10.1 Å². The molecule has 1 aromatic carbocycles. The van der Waals surface area contributed by atoms with Gasteiger partial charge in [0, 0.05) is 5.56 Å². The number of hydrogen-bond donors (Lipinski definition) is 1. The lowest BCUT2D eigenvalue weighted by Crippen LogP contribution is -2.07. The summed E-state index contributed by atoms with van der Waals surface area (Å²) in [6.45, 7) is 3.39. The van der Waals surface area contributed by atoms with Crippen LogP contribution in [-0.2, 0) is 4.79 Å². The minimum Gasteiger partial charge on any atom is -0.497 e. The molecule has 0 saturated heterocycles. The third kappa shape index (κ3) is 3.19. The maximum absolute atomic E-state index is 11.1. The molecule has 2 aromatic rings. The quantitative estimate of drug-likeness (QED) is 0.853. The second-order valence-electron chi connectivity index (χ2n) is 3.85. The molecule has 0 spiro atoms. The summed E-state index contributed by atoms with van der Waals surface area (Å²) >= 11 is 0. The largest absolute Gasteiger partial charge is 0.497 e. The fourth-order valence-electron chi connectivity index (χ4n) is 1.59. The minimum absolute atomic E-state index is 0.251. The molecule has 1 amide bonds. The van der Waals surface area contributed by atoms with E-state index in [9.17, 15) is 4.79 Å². The molecule has 1 N–H and O–H groups in total. The van der Waals surface area contributed by atoms with Gasteiger partial charge in [0.2, 0.25) is 5.91 Å². The first-order valence-electron chi connectivity index (χ1n) is 5.77. The molecule has 0 atom stereocenters. The van der Waals surface area contributed by atoms with E-state index in [1.165, 1.54) is 6.08 Å². The molecule has 1 heterocycles. The standard InChI is InChI=1S/C15H14N2O2/c1-3-15(18)17-12-6-9-14(16-10-12)11-4-7-13(19-2)8-5-11/h3-10H,1H2,2H3,(H,17,18). The maximum atomic E-state index is 11.1. The number of pyridine rings is 1. The van der Waals surface area contributed by atoms with Gasteiger partial charge >= 0.3 is 0 Å². The van der Waals surface area contributed by atoms with Crippen molar-refractivity contribution >= 4 is 11.6 Å². The van der Waals surface area contributed by atoms with Gasteiger partial charge < -0.3 is 10.1 Å². The van der Waals surface area contributed by atoms with Crippen molar-refractivity contribution in [1.82, 2.24) is 4.98 Å². The maximum Gasteiger partial charge on any atom is 0.247 e. The average molecular weight is 254 g/mol.